The van der Waals surface area contributed by atoms with Crippen LogP contribution in [0.15, 0.2) is 53.7 Å². The van der Waals surface area contributed by atoms with Crippen LogP contribution < -0.4 is 0 Å². The van der Waals surface area contributed by atoms with Gasteiger partial charge in [-0.25, -0.2) is 0 Å². The van der Waals surface area contributed by atoms with E-state index in [1.54, 1.807) is 43.4 Å². The van der Waals surface area contributed by atoms with Gasteiger partial charge in [0.15, 0.2) is 0 Å². The van der Waals surface area contributed by atoms with Crippen LogP contribution in [0, 0.1) is 6.92 Å². The van der Waals surface area contributed by atoms with Gasteiger partial charge in [0.1, 0.15) is 0 Å². The van der Waals surface area contributed by atoms with Crippen molar-refractivity contribution >= 4 is 16.0 Å². The van der Waals surface area contributed by atoms with Gasteiger partial charge in [-0.05, 0) is 43.7 Å². The minimum atomic E-state index is -4.02. The second-order valence-corrected chi connectivity index (χ2v) is 6.80. The number of carbonyl (C=O) groups excluding carboxylic acids is 1. The maximum Gasteiger partial charge on any atom is 0.294 e. The molecule has 2 aromatic rings. The van der Waals surface area contributed by atoms with Crippen LogP contribution >= 0.6 is 0 Å². The number of hydrogen-bond acceptors (Lipinski definition) is 4. The lowest BCUT2D eigenvalue weighted by Crippen LogP contribution is -2.27. The van der Waals surface area contributed by atoms with Crippen molar-refractivity contribution in [3.05, 3.63) is 59.9 Å². The van der Waals surface area contributed by atoms with E-state index in [2.05, 4.69) is 4.98 Å². The number of carbonyl (C=O) groups is 1. The predicted octanol–water partition coefficient (Wildman–Crippen LogP) is 2.86. The molecule has 6 nitrogen and oxygen atoms in total. The molecule has 0 saturated carbocycles. The highest BCUT2D eigenvalue weighted by Gasteiger charge is 2.12. The first-order valence-corrected chi connectivity index (χ1v) is 8.74. The van der Waals surface area contributed by atoms with E-state index in [9.17, 15) is 13.2 Å². The topological polar surface area (TPSA) is 87.6 Å². The van der Waals surface area contributed by atoms with Crippen LogP contribution in [0.3, 0.4) is 0 Å². The molecule has 1 unspecified atom stereocenters. The van der Waals surface area contributed by atoms with Crippen LogP contribution in [0.1, 0.15) is 31.0 Å². The molecule has 0 aliphatic rings. The third-order valence-electron chi connectivity index (χ3n) is 3.58. The average Bonchev–Trinajstić information content (AvgIpc) is 2.54. The SMILES string of the molecule is CC(=O)N(C)C(C)c1ccncc1.Cc1ccc(S(=O)(=O)O)cc1. The van der Waals surface area contributed by atoms with Gasteiger partial charge in [0, 0.05) is 26.4 Å². The van der Waals surface area contributed by atoms with E-state index in [-0.39, 0.29) is 16.8 Å². The lowest BCUT2D eigenvalue weighted by molar-refractivity contribution is -0.129. The number of aryl methyl sites for hydroxylation is 1. The number of hydrogen-bond donors (Lipinski definition) is 1. The molecule has 1 amide bonds. The van der Waals surface area contributed by atoms with E-state index in [1.165, 1.54) is 12.1 Å². The van der Waals surface area contributed by atoms with Crippen LogP contribution in [0.25, 0.3) is 0 Å². The zero-order valence-electron chi connectivity index (χ0n) is 14.2. The molecular formula is C17H22N2O4S. The minimum Gasteiger partial charge on any atom is -0.339 e. The Morgan fingerprint density at radius 2 is 1.62 bits per heavy atom. The molecular weight excluding hydrogens is 328 g/mol. The van der Waals surface area contributed by atoms with Crippen molar-refractivity contribution in [1.82, 2.24) is 9.88 Å². The van der Waals surface area contributed by atoms with Crippen molar-refractivity contribution in [2.75, 3.05) is 7.05 Å². The van der Waals surface area contributed by atoms with E-state index >= 15 is 0 Å². The maximum absolute atomic E-state index is 11.1. The number of nitrogens with zero attached hydrogens (tertiary/aromatic N) is 2. The Morgan fingerprint density at radius 1 is 1.12 bits per heavy atom. The number of pyridine rings is 1. The molecule has 0 aliphatic heterocycles. The first-order valence-electron chi connectivity index (χ1n) is 7.30. The van der Waals surface area contributed by atoms with E-state index in [0.29, 0.717) is 0 Å². The summed E-state index contributed by atoms with van der Waals surface area (Å²) in [5.74, 6) is 0.0734. The first kappa shape index (κ1) is 19.8. The molecule has 0 bridgehead atoms. The summed E-state index contributed by atoms with van der Waals surface area (Å²) in [7, 11) is -2.22. The van der Waals surface area contributed by atoms with Gasteiger partial charge in [-0.15, -0.1) is 0 Å². The molecule has 2 rings (SSSR count). The zero-order chi connectivity index (χ0) is 18.3. The predicted molar refractivity (Wildman–Crippen MR) is 92.1 cm³/mol. The molecule has 0 fully saturated rings. The van der Waals surface area contributed by atoms with E-state index in [1.807, 2.05) is 26.0 Å². The highest BCUT2D eigenvalue weighted by atomic mass is 32.2. The van der Waals surface area contributed by atoms with E-state index in [0.717, 1.165) is 11.1 Å². The second kappa shape index (κ2) is 8.56. The van der Waals surface area contributed by atoms with Gasteiger partial charge in [-0.3, -0.25) is 14.3 Å². The largest absolute Gasteiger partial charge is 0.339 e. The Balaban J connectivity index is 0.000000243. The fourth-order valence-corrected chi connectivity index (χ4v) is 2.33. The molecule has 0 aliphatic carbocycles. The third kappa shape index (κ3) is 6.10. The Bertz CT molecular complexity index is 759. The molecule has 24 heavy (non-hydrogen) atoms. The van der Waals surface area contributed by atoms with Gasteiger partial charge >= 0.3 is 0 Å². The molecule has 0 radical (unpaired) electrons. The van der Waals surface area contributed by atoms with Crippen LogP contribution in [-0.2, 0) is 14.9 Å². The molecule has 1 aromatic heterocycles. The smallest absolute Gasteiger partial charge is 0.294 e. The van der Waals surface area contributed by atoms with E-state index in [4.69, 9.17) is 4.55 Å². The molecule has 0 spiro atoms. The zero-order valence-corrected chi connectivity index (χ0v) is 15.0. The lowest BCUT2D eigenvalue weighted by Gasteiger charge is -2.23. The molecule has 1 aromatic carbocycles. The summed E-state index contributed by atoms with van der Waals surface area (Å²) in [6.45, 7) is 5.40. The van der Waals surface area contributed by atoms with Gasteiger partial charge in [0.25, 0.3) is 10.1 Å². The fraction of sp³-hybridized carbons (Fsp3) is 0.294. The summed E-state index contributed by atoms with van der Waals surface area (Å²) in [6, 6.07) is 9.94. The fourth-order valence-electron chi connectivity index (χ4n) is 1.85. The molecule has 0 saturated heterocycles. The maximum atomic E-state index is 11.1. The monoisotopic (exact) mass is 350 g/mol. The van der Waals surface area contributed by atoms with Gasteiger partial charge in [0.05, 0.1) is 10.9 Å². The second-order valence-electron chi connectivity index (χ2n) is 5.37. The normalized spacial score (nSPS) is 11.9. The summed E-state index contributed by atoms with van der Waals surface area (Å²) >= 11 is 0. The standard InChI is InChI=1S/C10H14N2O.C7H8O3S/c1-8(12(3)9(2)13)10-4-6-11-7-5-10;1-6-2-4-7(5-3-6)11(8,9)10/h4-8H,1-3H3;2-5H,1H3,(H,8,9,10). The molecule has 1 atom stereocenters. The third-order valence-corrected chi connectivity index (χ3v) is 4.45. The van der Waals surface area contributed by atoms with Crippen LogP contribution in [0.2, 0.25) is 0 Å². The molecule has 1 heterocycles. The molecule has 1 N–H and O–H groups in total. The van der Waals surface area contributed by atoms with Crippen molar-refractivity contribution < 1.29 is 17.8 Å². The Kier molecular flexibility index (Phi) is 7.06. The van der Waals surface area contributed by atoms with Crippen molar-refractivity contribution in [3.8, 4) is 0 Å². The van der Waals surface area contributed by atoms with Crippen molar-refractivity contribution in [2.24, 2.45) is 0 Å². The highest BCUT2D eigenvalue weighted by Crippen LogP contribution is 2.17. The average molecular weight is 350 g/mol. The Labute approximate surface area is 142 Å². The van der Waals surface area contributed by atoms with E-state index < -0.39 is 10.1 Å². The Morgan fingerprint density at radius 3 is 2.04 bits per heavy atom. The van der Waals surface area contributed by atoms with Crippen molar-refractivity contribution in [3.63, 3.8) is 0 Å². The Hall–Kier alpha value is -2.25. The number of benzene rings is 1. The first-order chi connectivity index (χ1) is 11.1. The highest BCUT2D eigenvalue weighted by molar-refractivity contribution is 7.85. The quantitative estimate of drug-likeness (QED) is 0.860. The summed E-state index contributed by atoms with van der Waals surface area (Å²) in [5.41, 5.74) is 2.06. The van der Waals surface area contributed by atoms with Crippen LogP contribution in [0.5, 0.6) is 0 Å². The number of rotatable bonds is 3. The lowest BCUT2D eigenvalue weighted by atomic mass is 10.1. The minimum absolute atomic E-state index is 0.0666. The molecule has 7 heteroatoms. The van der Waals surface area contributed by atoms with Gasteiger partial charge in [-0.2, -0.15) is 8.42 Å². The molecule has 130 valence electrons. The van der Waals surface area contributed by atoms with Crippen molar-refractivity contribution in [2.45, 2.75) is 31.7 Å². The number of aromatic nitrogens is 1. The summed E-state index contributed by atoms with van der Waals surface area (Å²) < 4.78 is 29.6. The summed E-state index contributed by atoms with van der Waals surface area (Å²) in [5, 5.41) is 0. The van der Waals surface area contributed by atoms with Crippen molar-refractivity contribution in [1.29, 1.82) is 0 Å². The van der Waals surface area contributed by atoms with Gasteiger partial charge < -0.3 is 4.90 Å². The van der Waals surface area contributed by atoms with Gasteiger partial charge in [0.2, 0.25) is 5.91 Å². The van der Waals surface area contributed by atoms with Crippen LogP contribution in [-0.4, -0.2) is 35.8 Å². The number of amides is 1. The van der Waals surface area contributed by atoms with Crippen LogP contribution in [0.4, 0.5) is 0 Å². The summed E-state index contributed by atoms with van der Waals surface area (Å²) in [6.07, 6.45) is 3.47. The summed E-state index contributed by atoms with van der Waals surface area (Å²) in [4.78, 5) is 16.6. The van der Waals surface area contributed by atoms with Gasteiger partial charge in [-0.1, -0.05) is 17.7 Å².